The number of benzene rings is 1. The number of likely N-dealkylation sites (tertiary alicyclic amines) is 1. The number of aromatic nitrogens is 2. The normalized spacial score (nSPS) is 19.8. The minimum Gasteiger partial charge on any atom is -0.469 e. The van der Waals surface area contributed by atoms with Gasteiger partial charge in [-0.05, 0) is 31.5 Å². The molecule has 112 valence electrons. The summed E-state index contributed by atoms with van der Waals surface area (Å²) < 4.78 is 4.81. The molecule has 3 rings (SSSR count). The van der Waals surface area contributed by atoms with Crippen LogP contribution in [-0.2, 0) is 16.1 Å². The van der Waals surface area contributed by atoms with Crippen molar-refractivity contribution in [2.75, 3.05) is 13.7 Å². The first-order chi connectivity index (χ1) is 10.3. The molecule has 1 saturated heterocycles. The quantitative estimate of drug-likeness (QED) is 0.878. The second-order valence-corrected chi connectivity index (χ2v) is 5.60. The summed E-state index contributed by atoms with van der Waals surface area (Å²) in [6, 6.07) is 8.31. The van der Waals surface area contributed by atoms with E-state index in [1.807, 2.05) is 24.3 Å². The lowest BCUT2D eigenvalue weighted by molar-refractivity contribution is -0.142. The van der Waals surface area contributed by atoms with Crippen LogP contribution in [0.3, 0.4) is 0 Å². The third kappa shape index (κ3) is 3.24. The fourth-order valence-corrected chi connectivity index (χ4v) is 3.05. The molecule has 21 heavy (non-hydrogen) atoms. The minimum absolute atomic E-state index is 0.128. The number of imidazole rings is 1. The molecule has 1 aliphatic heterocycles. The van der Waals surface area contributed by atoms with Crippen LogP contribution in [0.15, 0.2) is 24.3 Å². The number of methoxy groups -OCH3 is 1. The Morgan fingerprint density at radius 1 is 1.43 bits per heavy atom. The Balaban J connectivity index is 1.72. The first kappa shape index (κ1) is 14.1. The molecule has 0 radical (unpaired) electrons. The molecule has 2 heterocycles. The number of nitrogens with one attached hydrogen (secondary N) is 1. The molecule has 1 aromatic carbocycles. The topological polar surface area (TPSA) is 58.2 Å². The van der Waals surface area contributed by atoms with Crippen LogP contribution >= 0.6 is 0 Å². The van der Waals surface area contributed by atoms with E-state index in [-0.39, 0.29) is 12.0 Å². The molecule has 1 aliphatic rings. The van der Waals surface area contributed by atoms with Gasteiger partial charge in [0.25, 0.3) is 0 Å². The van der Waals surface area contributed by atoms with Crippen molar-refractivity contribution in [3.63, 3.8) is 0 Å². The van der Waals surface area contributed by atoms with Gasteiger partial charge in [0.1, 0.15) is 5.82 Å². The van der Waals surface area contributed by atoms with E-state index in [0.29, 0.717) is 6.42 Å². The summed E-state index contributed by atoms with van der Waals surface area (Å²) in [5.74, 6) is 0.837. The number of piperidine rings is 1. The van der Waals surface area contributed by atoms with Gasteiger partial charge in [-0.25, -0.2) is 4.98 Å². The number of aromatic amines is 1. The number of nitrogens with zero attached hydrogens (tertiary/aromatic N) is 2. The van der Waals surface area contributed by atoms with Gasteiger partial charge in [0, 0.05) is 6.04 Å². The van der Waals surface area contributed by atoms with Crippen molar-refractivity contribution in [2.45, 2.75) is 38.3 Å². The zero-order chi connectivity index (χ0) is 14.7. The number of esters is 1. The standard InChI is InChI=1S/C16H21N3O2/c1-21-16(20)10-12-6-4-5-9-19(12)11-15-17-13-7-2-3-8-14(13)18-15/h2-3,7-8,12H,4-6,9-11H2,1H3,(H,17,18). The second-order valence-electron chi connectivity index (χ2n) is 5.60. The van der Waals surface area contributed by atoms with Gasteiger partial charge in [-0.15, -0.1) is 0 Å². The minimum atomic E-state index is -0.128. The van der Waals surface area contributed by atoms with Crippen LogP contribution in [0.4, 0.5) is 0 Å². The third-order valence-corrected chi connectivity index (χ3v) is 4.17. The molecule has 1 N–H and O–H groups in total. The Morgan fingerprint density at radius 2 is 2.29 bits per heavy atom. The molecule has 0 saturated carbocycles. The summed E-state index contributed by atoms with van der Waals surface area (Å²) in [5, 5.41) is 0. The first-order valence-electron chi connectivity index (χ1n) is 7.51. The number of ether oxygens (including phenoxy) is 1. The van der Waals surface area contributed by atoms with Gasteiger partial charge in [-0.2, -0.15) is 0 Å². The largest absolute Gasteiger partial charge is 0.469 e. The predicted molar refractivity (Wildman–Crippen MR) is 80.8 cm³/mol. The lowest BCUT2D eigenvalue weighted by atomic mass is 9.99. The maximum absolute atomic E-state index is 11.5. The van der Waals surface area contributed by atoms with E-state index in [9.17, 15) is 4.79 Å². The Hall–Kier alpha value is -1.88. The van der Waals surface area contributed by atoms with Gasteiger partial charge < -0.3 is 9.72 Å². The van der Waals surface area contributed by atoms with Gasteiger partial charge in [0.15, 0.2) is 0 Å². The highest BCUT2D eigenvalue weighted by Gasteiger charge is 2.25. The van der Waals surface area contributed by atoms with E-state index in [1.165, 1.54) is 20.0 Å². The van der Waals surface area contributed by atoms with Crippen molar-refractivity contribution in [1.82, 2.24) is 14.9 Å². The highest BCUT2D eigenvalue weighted by atomic mass is 16.5. The Morgan fingerprint density at radius 3 is 3.10 bits per heavy atom. The number of carbonyl (C=O) groups excluding carboxylic acids is 1. The molecule has 2 aromatic rings. The SMILES string of the molecule is COC(=O)CC1CCCCN1Cc1nc2ccccc2[nH]1. The molecule has 0 spiro atoms. The van der Waals surface area contributed by atoms with E-state index in [0.717, 1.165) is 36.4 Å². The average Bonchev–Trinajstić information content (AvgIpc) is 2.91. The summed E-state index contributed by atoms with van der Waals surface area (Å²) in [6.45, 7) is 1.77. The van der Waals surface area contributed by atoms with Crippen LogP contribution in [0.25, 0.3) is 11.0 Å². The van der Waals surface area contributed by atoms with Crippen molar-refractivity contribution in [3.05, 3.63) is 30.1 Å². The summed E-state index contributed by atoms with van der Waals surface area (Å²) >= 11 is 0. The van der Waals surface area contributed by atoms with Gasteiger partial charge in [-0.1, -0.05) is 18.6 Å². The van der Waals surface area contributed by atoms with E-state index in [4.69, 9.17) is 4.74 Å². The molecule has 1 aromatic heterocycles. The molecule has 1 unspecified atom stereocenters. The maximum Gasteiger partial charge on any atom is 0.307 e. The Bertz CT molecular complexity index is 590. The lowest BCUT2D eigenvalue weighted by Gasteiger charge is -2.34. The predicted octanol–water partition coefficient (Wildman–Crippen LogP) is 2.48. The Labute approximate surface area is 124 Å². The third-order valence-electron chi connectivity index (χ3n) is 4.17. The first-order valence-corrected chi connectivity index (χ1v) is 7.51. The van der Waals surface area contributed by atoms with Crippen molar-refractivity contribution in [1.29, 1.82) is 0 Å². The van der Waals surface area contributed by atoms with Crippen LogP contribution in [0.5, 0.6) is 0 Å². The van der Waals surface area contributed by atoms with Gasteiger partial charge in [-0.3, -0.25) is 9.69 Å². The molecule has 1 atom stereocenters. The number of para-hydroxylation sites is 2. The number of carbonyl (C=O) groups is 1. The number of hydrogen-bond donors (Lipinski definition) is 1. The fraction of sp³-hybridized carbons (Fsp3) is 0.500. The van der Waals surface area contributed by atoms with Crippen molar-refractivity contribution < 1.29 is 9.53 Å². The smallest absolute Gasteiger partial charge is 0.307 e. The zero-order valence-electron chi connectivity index (χ0n) is 12.3. The van der Waals surface area contributed by atoms with Crippen LogP contribution < -0.4 is 0 Å². The van der Waals surface area contributed by atoms with Gasteiger partial charge in [0.2, 0.25) is 0 Å². The summed E-state index contributed by atoms with van der Waals surface area (Å²) in [6.07, 6.45) is 3.88. The number of hydrogen-bond acceptors (Lipinski definition) is 4. The number of fused-ring (bicyclic) bond motifs is 1. The highest BCUT2D eigenvalue weighted by molar-refractivity contribution is 5.74. The Kier molecular flexibility index (Phi) is 4.20. The zero-order valence-corrected chi connectivity index (χ0v) is 12.3. The van der Waals surface area contributed by atoms with Gasteiger partial charge in [0.05, 0.1) is 31.1 Å². The lowest BCUT2D eigenvalue weighted by Crippen LogP contribution is -2.40. The molecule has 1 fully saturated rings. The van der Waals surface area contributed by atoms with E-state index in [1.54, 1.807) is 0 Å². The van der Waals surface area contributed by atoms with Crippen LogP contribution in [0.1, 0.15) is 31.5 Å². The fourth-order valence-electron chi connectivity index (χ4n) is 3.05. The number of H-pyrrole nitrogens is 1. The van der Waals surface area contributed by atoms with Crippen LogP contribution in [0, 0.1) is 0 Å². The van der Waals surface area contributed by atoms with Crippen LogP contribution in [0.2, 0.25) is 0 Å². The van der Waals surface area contributed by atoms with E-state index in [2.05, 4.69) is 14.9 Å². The molecule has 0 bridgehead atoms. The van der Waals surface area contributed by atoms with Crippen molar-refractivity contribution in [2.24, 2.45) is 0 Å². The van der Waals surface area contributed by atoms with E-state index < -0.39 is 0 Å². The summed E-state index contributed by atoms with van der Waals surface area (Å²) in [5.41, 5.74) is 2.06. The van der Waals surface area contributed by atoms with Crippen LogP contribution in [-0.4, -0.2) is 40.5 Å². The second kappa shape index (κ2) is 6.26. The molecule has 0 amide bonds. The van der Waals surface area contributed by atoms with Crippen molar-refractivity contribution >= 4 is 17.0 Å². The molecule has 0 aliphatic carbocycles. The average molecular weight is 287 g/mol. The van der Waals surface area contributed by atoms with Gasteiger partial charge >= 0.3 is 5.97 Å². The van der Waals surface area contributed by atoms with Crippen molar-refractivity contribution in [3.8, 4) is 0 Å². The molecule has 5 heteroatoms. The van der Waals surface area contributed by atoms with E-state index >= 15 is 0 Å². The summed E-state index contributed by atoms with van der Waals surface area (Å²) in [7, 11) is 1.45. The highest BCUT2D eigenvalue weighted by Crippen LogP contribution is 2.22. The molecule has 5 nitrogen and oxygen atoms in total. The molecular weight excluding hydrogens is 266 g/mol. The maximum atomic E-state index is 11.5. The number of rotatable bonds is 4. The molecular formula is C16H21N3O2. The summed E-state index contributed by atoms with van der Waals surface area (Å²) in [4.78, 5) is 21.9. The monoisotopic (exact) mass is 287 g/mol.